The lowest BCUT2D eigenvalue weighted by Gasteiger charge is -2.52. The molecule has 3 rings (SSSR count). The molecule has 0 aliphatic heterocycles. The standard InChI is InChI=1S/C15H19BrFN/c16-12-10-11(4-5-13(12)17)18-14-6-9-15(14)7-2-1-3-8-15/h4-5,10,14,18H,1-3,6-9H2. The van der Waals surface area contributed by atoms with Crippen molar-refractivity contribution < 1.29 is 4.39 Å². The van der Waals surface area contributed by atoms with E-state index in [1.54, 1.807) is 0 Å². The molecule has 1 nitrogen and oxygen atoms in total. The van der Waals surface area contributed by atoms with E-state index in [4.69, 9.17) is 0 Å². The van der Waals surface area contributed by atoms with E-state index < -0.39 is 0 Å². The number of hydrogen-bond donors (Lipinski definition) is 1. The van der Waals surface area contributed by atoms with Crippen molar-refractivity contribution in [3.63, 3.8) is 0 Å². The highest BCUT2D eigenvalue weighted by atomic mass is 79.9. The van der Waals surface area contributed by atoms with Gasteiger partial charge in [0.1, 0.15) is 5.82 Å². The molecule has 0 heterocycles. The van der Waals surface area contributed by atoms with Crippen LogP contribution in [0.5, 0.6) is 0 Å². The molecule has 2 saturated carbocycles. The summed E-state index contributed by atoms with van der Waals surface area (Å²) < 4.78 is 13.8. The molecular formula is C15H19BrFN. The highest BCUT2D eigenvalue weighted by Gasteiger charge is 2.46. The topological polar surface area (TPSA) is 12.0 Å². The molecule has 1 aromatic rings. The van der Waals surface area contributed by atoms with Gasteiger partial charge in [0.2, 0.25) is 0 Å². The fourth-order valence-electron chi connectivity index (χ4n) is 3.56. The molecule has 0 saturated heterocycles. The van der Waals surface area contributed by atoms with Crippen molar-refractivity contribution in [2.75, 3.05) is 5.32 Å². The largest absolute Gasteiger partial charge is 0.382 e. The van der Waals surface area contributed by atoms with Crippen LogP contribution in [-0.2, 0) is 0 Å². The predicted octanol–water partition coefficient (Wildman–Crippen LogP) is 5.11. The van der Waals surface area contributed by atoms with Crippen molar-refractivity contribution in [1.82, 2.24) is 0 Å². The smallest absolute Gasteiger partial charge is 0.137 e. The zero-order valence-electron chi connectivity index (χ0n) is 10.5. The lowest BCUT2D eigenvalue weighted by molar-refractivity contribution is 0.0571. The van der Waals surface area contributed by atoms with Gasteiger partial charge in [0.15, 0.2) is 0 Å². The zero-order chi connectivity index (χ0) is 12.6. The first-order valence-electron chi connectivity index (χ1n) is 6.91. The predicted molar refractivity (Wildman–Crippen MR) is 76.3 cm³/mol. The molecule has 98 valence electrons. The molecule has 0 aromatic heterocycles. The average Bonchev–Trinajstić information content (AvgIpc) is 2.40. The molecule has 0 amide bonds. The van der Waals surface area contributed by atoms with Crippen molar-refractivity contribution in [1.29, 1.82) is 0 Å². The van der Waals surface area contributed by atoms with Crippen LogP contribution in [0.4, 0.5) is 10.1 Å². The maximum Gasteiger partial charge on any atom is 0.137 e. The van der Waals surface area contributed by atoms with Gasteiger partial charge < -0.3 is 5.32 Å². The van der Waals surface area contributed by atoms with Gasteiger partial charge in [-0.05, 0) is 65.2 Å². The Labute approximate surface area is 116 Å². The summed E-state index contributed by atoms with van der Waals surface area (Å²) in [6, 6.07) is 5.81. The van der Waals surface area contributed by atoms with Crippen molar-refractivity contribution >= 4 is 21.6 Å². The first-order valence-corrected chi connectivity index (χ1v) is 7.71. The minimum atomic E-state index is -0.193. The van der Waals surface area contributed by atoms with Crippen LogP contribution in [0, 0.1) is 11.2 Å². The van der Waals surface area contributed by atoms with Gasteiger partial charge in [-0.15, -0.1) is 0 Å². The van der Waals surface area contributed by atoms with E-state index in [2.05, 4.69) is 21.2 Å². The summed E-state index contributed by atoms with van der Waals surface area (Å²) in [5, 5.41) is 3.61. The molecule has 3 heteroatoms. The Morgan fingerprint density at radius 2 is 1.94 bits per heavy atom. The Morgan fingerprint density at radius 1 is 1.17 bits per heavy atom. The lowest BCUT2D eigenvalue weighted by Crippen LogP contribution is -2.50. The molecule has 1 N–H and O–H groups in total. The van der Waals surface area contributed by atoms with E-state index in [9.17, 15) is 4.39 Å². The minimum Gasteiger partial charge on any atom is -0.382 e. The molecule has 2 aliphatic rings. The average molecular weight is 312 g/mol. The van der Waals surface area contributed by atoms with E-state index in [1.165, 1.54) is 51.0 Å². The highest BCUT2D eigenvalue weighted by Crippen LogP contribution is 2.52. The molecule has 1 spiro atoms. The normalized spacial score (nSPS) is 25.8. The Hall–Kier alpha value is -0.570. The molecule has 2 aliphatic carbocycles. The van der Waals surface area contributed by atoms with Crippen molar-refractivity contribution in [2.24, 2.45) is 5.41 Å². The molecule has 1 unspecified atom stereocenters. The first kappa shape index (κ1) is 12.5. The van der Waals surface area contributed by atoms with Gasteiger partial charge >= 0.3 is 0 Å². The summed E-state index contributed by atoms with van der Waals surface area (Å²) in [7, 11) is 0. The van der Waals surface area contributed by atoms with Crippen molar-refractivity contribution in [2.45, 2.75) is 51.0 Å². The van der Waals surface area contributed by atoms with Crippen LogP contribution in [0.3, 0.4) is 0 Å². The zero-order valence-corrected chi connectivity index (χ0v) is 12.1. The van der Waals surface area contributed by atoms with Crippen molar-refractivity contribution in [3.8, 4) is 0 Å². The second-order valence-electron chi connectivity index (χ2n) is 5.79. The number of hydrogen-bond acceptors (Lipinski definition) is 1. The molecule has 0 radical (unpaired) electrons. The van der Waals surface area contributed by atoms with E-state index in [-0.39, 0.29) is 5.82 Å². The Kier molecular flexibility index (Phi) is 3.35. The lowest BCUT2D eigenvalue weighted by atomic mass is 9.57. The third-order valence-corrected chi connectivity index (χ3v) is 5.39. The summed E-state index contributed by atoms with van der Waals surface area (Å²) in [6.07, 6.45) is 9.52. The highest BCUT2D eigenvalue weighted by molar-refractivity contribution is 9.10. The molecule has 2 fully saturated rings. The molecule has 1 atom stereocenters. The number of benzene rings is 1. The van der Waals surface area contributed by atoms with Gasteiger partial charge in [0, 0.05) is 11.7 Å². The van der Waals surface area contributed by atoms with Gasteiger partial charge in [-0.1, -0.05) is 19.3 Å². The van der Waals surface area contributed by atoms with Gasteiger partial charge in [-0.25, -0.2) is 4.39 Å². The van der Waals surface area contributed by atoms with E-state index in [0.29, 0.717) is 15.9 Å². The SMILES string of the molecule is Fc1ccc(NC2CCC23CCCCC3)cc1Br. The fourth-order valence-corrected chi connectivity index (χ4v) is 3.94. The van der Waals surface area contributed by atoms with Crippen LogP contribution in [0.1, 0.15) is 44.9 Å². The van der Waals surface area contributed by atoms with Crippen LogP contribution < -0.4 is 5.32 Å². The number of nitrogens with one attached hydrogen (secondary N) is 1. The van der Waals surface area contributed by atoms with Crippen LogP contribution in [0.2, 0.25) is 0 Å². The first-order chi connectivity index (χ1) is 8.70. The van der Waals surface area contributed by atoms with E-state index in [0.717, 1.165) is 5.69 Å². The van der Waals surface area contributed by atoms with E-state index >= 15 is 0 Å². The minimum absolute atomic E-state index is 0.193. The van der Waals surface area contributed by atoms with Crippen LogP contribution >= 0.6 is 15.9 Å². The number of anilines is 1. The Balaban J connectivity index is 1.70. The molecule has 18 heavy (non-hydrogen) atoms. The monoisotopic (exact) mass is 311 g/mol. The summed E-state index contributed by atoms with van der Waals surface area (Å²) >= 11 is 3.25. The van der Waals surface area contributed by atoms with Gasteiger partial charge in [-0.2, -0.15) is 0 Å². The van der Waals surface area contributed by atoms with Gasteiger partial charge in [0.05, 0.1) is 4.47 Å². The summed E-state index contributed by atoms with van der Waals surface area (Å²) in [6.45, 7) is 0. The number of rotatable bonds is 2. The summed E-state index contributed by atoms with van der Waals surface area (Å²) in [5.74, 6) is -0.193. The van der Waals surface area contributed by atoms with Crippen LogP contribution in [-0.4, -0.2) is 6.04 Å². The van der Waals surface area contributed by atoms with Gasteiger partial charge in [0.25, 0.3) is 0 Å². The fraction of sp³-hybridized carbons (Fsp3) is 0.600. The second-order valence-corrected chi connectivity index (χ2v) is 6.64. The summed E-state index contributed by atoms with van der Waals surface area (Å²) in [4.78, 5) is 0. The Morgan fingerprint density at radius 3 is 2.56 bits per heavy atom. The Bertz CT molecular complexity index is 440. The molecule has 0 bridgehead atoms. The third kappa shape index (κ3) is 2.18. The van der Waals surface area contributed by atoms with E-state index in [1.807, 2.05) is 12.1 Å². The second kappa shape index (κ2) is 4.84. The molecule has 1 aromatic carbocycles. The van der Waals surface area contributed by atoms with Crippen LogP contribution in [0.15, 0.2) is 22.7 Å². The molecular weight excluding hydrogens is 293 g/mol. The van der Waals surface area contributed by atoms with Crippen molar-refractivity contribution in [3.05, 3.63) is 28.5 Å². The van der Waals surface area contributed by atoms with Gasteiger partial charge in [-0.3, -0.25) is 0 Å². The third-order valence-electron chi connectivity index (χ3n) is 4.78. The quantitative estimate of drug-likeness (QED) is 0.800. The summed E-state index contributed by atoms with van der Waals surface area (Å²) in [5.41, 5.74) is 1.58. The maximum absolute atomic E-state index is 13.2. The maximum atomic E-state index is 13.2. The number of halogens is 2. The van der Waals surface area contributed by atoms with Crippen LogP contribution in [0.25, 0.3) is 0 Å².